The summed E-state index contributed by atoms with van der Waals surface area (Å²) in [6, 6.07) is 1.57. The number of carbonyl (C=O) groups excluding carboxylic acids is 1. The number of allylic oxidation sites excluding steroid dienone is 3. The number of nitrogens with zero attached hydrogens (tertiary/aromatic N) is 4. The molecule has 27 heavy (non-hydrogen) atoms. The number of hydrogen-bond donors (Lipinski definition) is 3. The molecular weight excluding hydrogens is 342 g/mol. The van der Waals surface area contributed by atoms with Gasteiger partial charge in [0.25, 0.3) is 0 Å². The van der Waals surface area contributed by atoms with Crippen LogP contribution in [0.4, 0.5) is 16.4 Å². The van der Waals surface area contributed by atoms with Crippen LogP contribution in [0.15, 0.2) is 36.1 Å². The van der Waals surface area contributed by atoms with Crippen molar-refractivity contribution in [2.75, 3.05) is 50.0 Å². The molecule has 0 bridgehead atoms. The lowest BCUT2D eigenvalue weighted by Crippen LogP contribution is -2.44. The van der Waals surface area contributed by atoms with Gasteiger partial charge in [-0.05, 0) is 19.9 Å². The molecule has 1 aliphatic carbocycles. The summed E-state index contributed by atoms with van der Waals surface area (Å²) >= 11 is 0. The summed E-state index contributed by atoms with van der Waals surface area (Å²) in [5.74, 6) is 1.44. The Kier molecular flexibility index (Phi) is 5.06. The molecule has 0 atom stereocenters. The molecule has 1 fully saturated rings. The van der Waals surface area contributed by atoms with E-state index in [1.165, 1.54) is 5.57 Å². The van der Waals surface area contributed by atoms with E-state index in [-0.39, 0.29) is 6.03 Å². The molecule has 8 nitrogen and oxygen atoms in total. The molecule has 142 valence electrons. The predicted molar refractivity (Wildman–Crippen MR) is 107 cm³/mol. The molecule has 4 rings (SSSR count). The third-order valence-corrected chi connectivity index (χ3v) is 5.05. The average molecular weight is 367 g/mol. The third kappa shape index (κ3) is 4.11. The Bertz CT molecular complexity index is 877. The zero-order chi connectivity index (χ0) is 18.6. The number of rotatable bonds is 4. The lowest BCUT2D eigenvalue weighted by Gasteiger charge is -2.32. The van der Waals surface area contributed by atoms with Crippen molar-refractivity contribution in [3.05, 3.63) is 36.1 Å². The first-order valence-electron chi connectivity index (χ1n) is 9.36. The highest BCUT2D eigenvalue weighted by Crippen LogP contribution is 2.25. The smallest absolute Gasteiger partial charge is 0.320 e. The molecule has 2 aromatic rings. The van der Waals surface area contributed by atoms with Crippen molar-refractivity contribution in [3.63, 3.8) is 0 Å². The number of pyridine rings is 1. The van der Waals surface area contributed by atoms with Crippen LogP contribution in [-0.4, -0.2) is 65.9 Å². The zero-order valence-corrected chi connectivity index (χ0v) is 15.5. The van der Waals surface area contributed by atoms with Gasteiger partial charge in [-0.15, -0.1) is 0 Å². The lowest BCUT2D eigenvalue weighted by atomic mass is 10.1. The first-order valence-corrected chi connectivity index (χ1v) is 9.36. The molecule has 0 aromatic carbocycles. The summed E-state index contributed by atoms with van der Waals surface area (Å²) in [4.78, 5) is 21.1. The minimum absolute atomic E-state index is 0.254. The maximum atomic E-state index is 12.1. The molecule has 0 spiro atoms. The number of nitrogens with one attached hydrogen (secondary N) is 3. The van der Waals surface area contributed by atoms with Crippen molar-refractivity contribution in [1.29, 1.82) is 0 Å². The standard InChI is InChI=1S/C19H25N7O/c1-25-7-9-26(10-8-25)18-15-13-20-17(11-16(15)23-24-18)22-19(27)21-12-14-5-3-2-4-6-14/h2-3,5,11,13H,4,6-10,12H2,1H3,(H,23,24)(H2,20,21,22,27). The fourth-order valence-electron chi connectivity index (χ4n) is 3.38. The number of urea groups is 1. The van der Waals surface area contributed by atoms with Crippen LogP contribution < -0.4 is 15.5 Å². The van der Waals surface area contributed by atoms with E-state index in [1.807, 2.05) is 12.1 Å². The van der Waals surface area contributed by atoms with Gasteiger partial charge in [-0.2, -0.15) is 5.10 Å². The number of anilines is 2. The van der Waals surface area contributed by atoms with Gasteiger partial charge in [-0.3, -0.25) is 10.4 Å². The highest BCUT2D eigenvalue weighted by Gasteiger charge is 2.19. The monoisotopic (exact) mass is 367 g/mol. The summed E-state index contributed by atoms with van der Waals surface area (Å²) in [5, 5.41) is 14.2. The molecule has 3 N–H and O–H groups in total. The molecule has 2 amide bonds. The van der Waals surface area contributed by atoms with Crippen LogP contribution >= 0.6 is 0 Å². The van der Waals surface area contributed by atoms with Crippen LogP contribution in [0, 0.1) is 0 Å². The second-order valence-corrected chi connectivity index (χ2v) is 7.05. The fourth-order valence-corrected chi connectivity index (χ4v) is 3.38. The largest absolute Gasteiger partial charge is 0.352 e. The highest BCUT2D eigenvalue weighted by atomic mass is 16.2. The topological polar surface area (TPSA) is 89.2 Å². The van der Waals surface area contributed by atoms with Gasteiger partial charge in [0.2, 0.25) is 0 Å². The van der Waals surface area contributed by atoms with E-state index in [0.717, 1.165) is 55.7 Å². The van der Waals surface area contributed by atoms with Crippen LogP contribution in [0.2, 0.25) is 0 Å². The summed E-state index contributed by atoms with van der Waals surface area (Å²) in [7, 11) is 2.13. The van der Waals surface area contributed by atoms with Crippen LogP contribution in [-0.2, 0) is 0 Å². The van der Waals surface area contributed by atoms with Crippen molar-refractivity contribution in [1.82, 2.24) is 25.4 Å². The van der Waals surface area contributed by atoms with Gasteiger partial charge in [0.1, 0.15) is 5.82 Å². The molecule has 0 radical (unpaired) electrons. The summed E-state index contributed by atoms with van der Waals surface area (Å²) in [5.41, 5.74) is 2.09. The second-order valence-electron chi connectivity index (χ2n) is 7.05. The van der Waals surface area contributed by atoms with Crippen LogP contribution in [0.25, 0.3) is 10.9 Å². The lowest BCUT2D eigenvalue weighted by molar-refractivity contribution is 0.252. The maximum absolute atomic E-state index is 12.1. The number of carbonyl (C=O) groups is 1. The van der Waals surface area contributed by atoms with Gasteiger partial charge in [-0.25, -0.2) is 9.78 Å². The molecule has 0 saturated carbocycles. The first-order chi connectivity index (χ1) is 13.2. The van der Waals surface area contributed by atoms with E-state index >= 15 is 0 Å². The Morgan fingerprint density at radius 1 is 1.30 bits per heavy atom. The third-order valence-electron chi connectivity index (χ3n) is 5.05. The van der Waals surface area contributed by atoms with Crippen molar-refractivity contribution in [2.45, 2.75) is 12.8 Å². The van der Waals surface area contributed by atoms with Crippen LogP contribution in [0.1, 0.15) is 12.8 Å². The van der Waals surface area contributed by atoms with Gasteiger partial charge >= 0.3 is 6.03 Å². The van der Waals surface area contributed by atoms with E-state index in [1.54, 1.807) is 6.20 Å². The Hall–Kier alpha value is -2.87. The molecule has 0 unspecified atom stereocenters. The fraction of sp³-hybridized carbons (Fsp3) is 0.421. The molecule has 2 aliphatic rings. The number of likely N-dealkylation sites (N-methyl/N-ethyl adjacent to an activating group) is 1. The molecule has 1 saturated heterocycles. The number of amides is 2. The Balaban J connectivity index is 1.39. The zero-order valence-electron chi connectivity index (χ0n) is 15.5. The van der Waals surface area contributed by atoms with Crippen LogP contribution in [0.3, 0.4) is 0 Å². The number of piperazine rings is 1. The van der Waals surface area contributed by atoms with Gasteiger partial charge in [0.15, 0.2) is 5.82 Å². The van der Waals surface area contributed by atoms with Gasteiger partial charge in [0.05, 0.1) is 10.9 Å². The van der Waals surface area contributed by atoms with E-state index in [4.69, 9.17) is 0 Å². The molecule has 3 heterocycles. The maximum Gasteiger partial charge on any atom is 0.320 e. The normalized spacial score (nSPS) is 17.8. The van der Waals surface area contributed by atoms with Crippen molar-refractivity contribution in [2.24, 2.45) is 0 Å². The summed E-state index contributed by atoms with van der Waals surface area (Å²) in [6.45, 7) is 4.49. The first kappa shape index (κ1) is 17.5. The summed E-state index contributed by atoms with van der Waals surface area (Å²) < 4.78 is 0. The van der Waals surface area contributed by atoms with E-state index in [2.05, 4.69) is 54.8 Å². The van der Waals surface area contributed by atoms with Gasteiger partial charge in [-0.1, -0.05) is 23.8 Å². The van der Waals surface area contributed by atoms with E-state index < -0.39 is 0 Å². The van der Waals surface area contributed by atoms with Crippen molar-refractivity contribution >= 4 is 28.6 Å². The van der Waals surface area contributed by atoms with Gasteiger partial charge in [0, 0.05) is 45.0 Å². The van der Waals surface area contributed by atoms with E-state index in [9.17, 15) is 4.79 Å². The van der Waals surface area contributed by atoms with Crippen molar-refractivity contribution in [3.8, 4) is 0 Å². The predicted octanol–water partition coefficient (Wildman–Crippen LogP) is 2.11. The quantitative estimate of drug-likeness (QED) is 0.770. The number of aromatic nitrogens is 3. The Morgan fingerprint density at radius 3 is 2.93 bits per heavy atom. The van der Waals surface area contributed by atoms with Crippen LogP contribution in [0.5, 0.6) is 0 Å². The second kappa shape index (κ2) is 7.79. The molecular formula is C19H25N7O. The number of hydrogen-bond acceptors (Lipinski definition) is 5. The SMILES string of the molecule is CN1CCN(c2n[nH]c3cc(NC(=O)NCC4=CC=CCC4)ncc23)CC1. The molecule has 1 aliphatic heterocycles. The molecule has 8 heteroatoms. The minimum atomic E-state index is -0.254. The number of H-pyrrole nitrogens is 1. The number of aromatic amines is 1. The Morgan fingerprint density at radius 2 is 2.15 bits per heavy atom. The summed E-state index contributed by atoms with van der Waals surface area (Å²) in [6.07, 6.45) is 10.0. The molecule has 2 aromatic heterocycles. The highest BCUT2D eigenvalue weighted by molar-refractivity contribution is 5.94. The number of fused-ring (bicyclic) bond motifs is 1. The minimum Gasteiger partial charge on any atom is -0.352 e. The van der Waals surface area contributed by atoms with Gasteiger partial charge < -0.3 is 15.1 Å². The van der Waals surface area contributed by atoms with Crippen molar-refractivity contribution < 1.29 is 4.79 Å². The Labute approximate surface area is 158 Å². The van der Waals surface area contributed by atoms with E-state index in [0.29, 0.717) is 12.4 Å². The average Bonchev–Trinajstić information content (AvgIpc) is 3.11.